The molecule has 1 heterocycles. The first-order valence-electron chi connectivity index (χ1n) is 7.79. The normalized spacial score (nSPS) is 14.9. The summed E-state index contributed by atoms with van der Waals surface area (Å²) in [5.74, 6) is 0. The minimum atomic E-state index is -4.67. The van der Waals surface area contributed by atoms with Crippen molar-refractivity contribution < 1.29 is 68.4 Å². The average Bonchev–Trinajstić information content (AvgIpc) is 2.92. The minimum Gasteiger partial charge on any atom is -1.00 e. The summed E-state index contributed by atoms with van der Waals surface area (Å²) in [4.78, 5) is 9.38. The number of unbranched alkanes of at least 4 members (excludes halogenated alkanes) is 9. The van der Waals surface area contributed by atoms with Crippen LogP contribution in [0.3, 0.4) is 0 Å². The molecule has 23 heavy (non-hydrogen) atoms. The Labute approximate surface area is 162 Å². The molecule has 0 aromatic rings. The summed E-state index contributed by atoms with van der Waals surface area (Å²) in [6, 6.07) is 0. The predicted molar refractivity (Wildman–Crippen MR) is 79.9 cm³/mol. The molecular formula is C13H29NaO8S. The van der Waals surface area contributed by atoms with E-state index in [-0.39, 0.29) is 37.3 Å². The van der Waals surface area contributed by atoms with Crippen molar-refractivity contribution in [1.82, 2.24) is 0 Å². The van der Waals surface area contributed by atoms with Crippen molar-refractivity contribution in [3.05, 3.63) is 0 Å². The van der Waals surface area contributed by atoms with Gasteiger partial charge in [0, 0.05) is 6.42 Å². The van der Waals surface area contributed by atoms with Gasteiger partial charge in [0.2, 0.25) is 6.29 Å². The monoisotopic (exact) mass is 368 g/mol. The maximum Gasteiger partial charge on any atom is 1.00 e. The Hall–Kier alpha value is 0.710. The van der Waals surface area contributed by atoms with E-state index in [0.717, 1.165) is 12.8 Å². The zero-order valence-electron chi connectivity index (χ0n) is 15.1. The molecule has 0 amide bonds. The molecule has 0 aliphatic carbocycles. The van der Waals surface area contributed by atoms with Gasteiger partial charge in [-0.1, -0.05) is 64.7 Å². The number of hydrogen-bond acceptors (Lipinski definition) is 6. The van der Waals surface area contributed by atoms with Gasteiger partial charge in [-0.3, -0.25) is 9.11 Å². The third-order valence-corrected chi connectivity index (χ3v) is 3.11. The van der Waals surface area contributed by atoms with E-state index in [1.807, 2.05) is 0 Å². The van der Waals surface area contributed by atoms with Gasteiger partial charge < -0.3 is 1.43 Å². The first-order chi connectivity index (χ1) is 10.4. The molecule has 0 aromatic heterocycles. The topological polar surface area (TPSA) is 112 Å². The molecule has 1 rings (SSSR count). The van der Waals surface area contributed by atoms with Crippen LogP contribution < -0.4 is 29.6 Å². The zero-order chi connectivity index (χ0) is 16.7. The maximum atomic E-state index is 8.74. The first kappa shape index (κ1) is 25.9. The van der Waals surface area contributed by atoms with E-state index in [2.05, 4.69) is 17.0 Å². The van der Waals surface area contributed by atoms with Crippen molar-refractivity contribution in [3.63, 3.8) is 0 Å². The van der Waals surface area contributed by atoms with Crippen molar-refractivity contribution in [2.45, 2.75) is 83.8 Å². The molecule has 10 heteroatoms. The number of rotatable bonds is 11. The van der Waals surface area contributed by atoms with Gasteiger partial charge in [0.05, 0.1) is 0 Å². The van der Waals surface area contributed by atoms with Crippen LogP contribution in [0.5, 0.6) is 0 Å². The van der Waals surface area contributed by atoms with Crippen LogP contribution in [0.15, 0.2) is 0 Å². The minimum absolute atomic E-state index is 0. The molecule has 1 saturated heterocycles. The fourth-order valence-electron chi connectivity index (χ4n) is 2.03. The van der Waals surface area contributed by atoms with Crippen LogP contribution in [0, 0.1) is 0 Å². The van der Waals surface area contributed by atoms with Crippen molar-refractivity contribution in [1.29, 1.82) is 0 Å². The maximum absolute atomic E-state index is 8.74. The number of hydrogen-bond donors (Lipinski definition) is 2. The quantitative estimate of drug-likeness (QED) is 0.240. The van der Waals surface area contributed by atoms with Crippen LogP contribution in [0.25, 0.3) is 0 Å². The second-order valence-electron chi connectivity index (χ2n) is 5.18. The van der Waals surface area contributed by atoms with Crippen LogP contribution in [-0.4, -0.2) is 23.8 Å². The van der Waals surface area contributed by atoms with Gasteiger partial charge in [-0.2, -0.15) is 18.2 Å². The summed E-state index contributed by atoms with van der Waals surface area (Å²) in [6.45, 7) is 2.26. The van der Waals surface area contributed by atoms with Gasteiger partial charge in [-0.05, 0) is 16.5 Å². The van der Waals surface area contributed by atoms with Crippen LogP contribution in [0.1, 0.15) is 79.0 Å². The standard InChI is InChI=1S/C13H26O4.Na.H2O4S.H/c1-2-3-4-5-6-7-8-9-10-11-12-13-14-16-17-15-13;;1-5(2,3)4;/h13H,2-12H2,1H3;;(H2,1,2,3,4);/q;+1;;-1. The molecule has 0 spiro atoms. The van der Waals surface area contributed by atoms with Gasteiger partial charge in [0.15, 0.2) is 0 Å². The third kappa shape index (κ3) is 25.1. The summed E-state index contributed by atoms with van der Waals surface area (Å²) in [5, 5.41) is 8.35. The van der Waals surface area contributed by atoms with Gasteiger partial charge in [-0.15, -0.1) is 0 Å². The smallest absolute Gasteiger partial charge is 1.00 e. The zero-order valence-corrected chi connectivity index (χ0v) is 16.9. The molecule has 0 atom stereocenters. The molecule has 8 nitrogen and oxygen atoms in total. The molecule has 2 N–H and O–H groups in total. The summed E-state index contributed by atoms with van der Waals surface area (Å²) >= 11 is 0. The van der Waals surface area contributed by atoms with E-state index >= 15 is 0 Å². The molecule has 1 aliphatic rings. The SMILES string of the molecule is CCCCCCCCCCCCC1OOOO1.O=S(=O)(O)O.[H-].[Na+]. The molecule has 0 bridgehead atoms. The van der Waals surface area contributed by atoms with Gasteiger partial charge in [-0.25, -0.2) is 0 Å². The largest absolute Gasteiger partial charge is 1.00 e. The molecule has 0 saturated carbocycles. The molecular weight excluding hydrogens is 339 g/mol. The fourth-order valence-corrected chi connectivity index (χ4v) is 2.03. The summed E-state index contributed by atoms with van der Waals surface area (Å²) in [5.41, 5.74) is 0. The average molecular weight is 368 g/mol. The van der Waals surface area contributed by atoms with Crippen LogP contribution in [-0.2, 0) is 30.3 Å². The fraction of sp³-hybridized carbons (Fsp3) is 1.00. The van der Waals surface area contributed by atoms with Crippen molar-refractivity contribution in [2.24, 2.45) is 0 Å². The third-order valence-electron chi connectivity index (χ3n) is 3.11. The van der Waals surface area contributed by atoms with Gasteiger partial charge in [0.25, 0.3) is 0 Å². The second kappa shape index (κ2) is 17.5. The van der Waals surface area contributed by atoms with E-state index < -0.39 is 10.4 Å². The van der Waals surface area contributed by atoms with E-state index in [4.69, 9.17) is 27.3 Å². The van der Waals surface area contributed by atoms with Crippen LogP contribution in [0.4, 0.5) is 0 Å². The molecule has 136 valence electrons. The Balaban J connectivity index is -0.000000554. The Morgan fingerprint density at radius 2 is 1.17 bits per heavy atom. The predicted octanol–water partition coefficient (Wildman–Crippen LogP) is 0.912. The van der Waals surface area contributed by atoms with E-state index in [9.17, 15) is 0 Å². The van der Waals surface area contributed by atoms with Gasteiger partial charge in [0.1, 0.15) is 0 Å². The Morgan fingerprint density at radius 3 is 1.57 bits per heavy atom. The molecule has 0 aromatic carbocycles. The Morgan fingerprint density at radius 1 is 0.826 bits per heavy atom. The van der Waals surface area contributed by atoms with E-state index in [0.29, 0.717) is 0 Å². The molecule has 1 fully saturated rings. The summed E-state index contributed by atoms with van der Waals surface area (Å²) in [7, 11) is -4.67. The Kier molecular flexibility index (Phi) is 19.8. The first-order valence-corrected chi connectivity index (χ1v) is 9.18. The van der Waals surface area contributed by atoms with Crippen molar-refractivity contribution >= 4 is 10.4 Å². The van der Waals surface area contributed by atoms with Crippen molar-refractivity contribution in [3.8, 4) is 0 Å². The van der Waals surface area contributed by atoms with Crippen molar-refractivity contribution in [2.75, 3.05) is 0 Å². The van der Waals surface area contributed by atoms with E-state index in [1.165, 1.54) is 57.8 Å². The molecule has 0 unspecified atom stereocenters. The summed E-state index contributed by atoms with van der Waals surface area (Å²) < 4.78 is 31.6. The summed E-state index contributed by atoms with van der Waals surface area (Å²) in [6.07, 6.45) is 13.8. The van der Waals surface area contributed by atoms with E-state index in [1.54, 1.807) is 0 Å². The molecule has 1 aliphatic heterocycles. The van der Waals surface area contributed by atoms with Crippen LogP contribution >= 0.6 is 0 Å². The van der Waals surface area contributed by atoms with Gasteiger partial charge >= 0.3 is 40.0 Å². The van der Waals surface area contributed by atoms with Crippen LogP contribution in [0.2, 0.25) is 0 Å². The second-order valence-corrected chi connectivity index (χ2v) is 6.07. The Bertz CT molecular complexity index is 331. The molecule has 0 radical (unpaired) electrons.